The lowest BCUT2D eigenvalue weighted by molar-refractivity contribution is 0.620. The molecule has 0 radical (unpaired) electrons. The third-order valence-electron chi connectivity index (χ3n) is 7.31. The van der Waals surface area contributed by atoms with Crippen molar-refractivity contribution in [2.45, 2.75) is 0 Å². The van der Waals surface area contributed by atoms with Gasteiger partial charge in [0, 0.05) is 31.1 Å². The molecule has 0 saturated heterocycles. The average molecular weight is 504 g/mol. The van der Waals surface area contributed by atoms with Crippen LogP contribution in [-0.2, 0) is 0 Å². The monoisotopic (exact) mass is 503 g/mol. The Labute approximate surface area is 223 Å². The normalized spacial score (nSPS) is 11.7. The van der Waals surface area contributed by atoms with Crippen molar-refractivity contribution in [1.29, 1.82) is 0 Å². The Hall–Kier alpha value is -4.73. The van der Waals surface area contributed by atoms with E-state index in [4.69, 9.17) is 9.40 Å². The summed E-state index contributed by atoms with van der Waals surface area (Å²) in [6.07, 6.45) is 0. The molecule has 2 aromatic heterocycles. The van der Waals surface area contributed by atoms with Crippen LogP contribution in [0.2, 0.25) is 0 Å². The third-order valence-corrected chi connectivity index (χ3v) is 8.53. The number of thiophene rings is 1. The zero-order valence-corrected chi connectivity index (χ0v) is 21.2. The van der Waals surface area contributed by atoms with Gasteiger partial charge in [-0.15, -0.1) is 11.3 Å². The maximum absolute atomic E-state index is 6.14. The van der Waals surface area contributed by atoms with Crippen molar-refractivity contribution in [3.05, 3.63) is 127 Å². The molecule has 0 atom stereocenters. The number of fused-ring (bicyclic) bond motifs is 6. The highest BCUT2D eigenvalue weighted by Gasteiger charge is 2.13. The van der Waals surface area contributed by atoms with E-state index in [1.807, 2.05) is 47.7 Å². The van der Waals surface area contributed by atoms with E-state index in [1.54, 1.807) is 0 Å². The summed E-state index contributed by atoms with van der Waals surface area (Å²) in [4.78, 5) is 4.90. The highest BCUT2D eigenvalue weighted by atomic mass is 32.1. The van der Waals surface area contributed by atoms with Crippen LogP contribution in [0.4, 0.5) is 0 Å². The molecule has 178 valence electrons. The fourth-order valence-corrected chi connectivity index (χ4v) is 6.67. The van der Waals surface area contributed by atoms with Gasteiger partial charge in [-0.05, 0) is 64.0 Å². The van der Waals surface area contributed by atoms with Gasteiger partial charge < -0.3 is 4.42 Å². The quantitative estimate of drug-likeness (QED) is 0.240. The molecule has 0 spiro atoms. The second-order valence-electron chi connectivity index (χ2n) is 9.59. The van der Waals surface area contributed by atoms with Gasteiger partial charge in [0.15, 0.2) is 5.58 Å². The molecule has 2 nitrogen and oxygen atoms in total. The van der Waals surface area contributed by atoms with Gasteiger partial charge in [0.05, 0.1) is 0 Å². The van der Waals surface area contributed by atoms with E-state index < -0.39 is 0 Å². The first-order valence-electron chi connectivity index (χ1n) is 12.7. The molecule has 3 heteroatoms. The Bertz CT molecular complexity index is 2140. The van der Waals surface area contributed by atoms with Crippen LogP contribution in [0.25, 0.3) is 75.8 Å². The summed E-state index contributed by atoms with van der Waals surface area (Å²) in [6, 6.07) is 45.0. The van der Waals surface area contributed by atoms with Crippen LogP contribution in [0.3, 0.4) is 0 Å². The molecule has 0 aliphatic heterocycles. The topological polar surface area (TPSA) is 26.0 Å². The van der Waals surface area contributed by atoms with Gasteiger partial charge in [-0.1, -0.05) is 91.0 Å². The molecule has 2 heterocycles. The van der Waals surface area contributed by atoms with Crippen LogP contribution in [0.15, 0.2) is 132 Å². The van der Waals surface area contributed by atoms with Gasteiger partial charge in [0.25, 0.3) is 0 Å². The van der Waals surface area contributed by atoms with Gasteiger partial charge in [-0.2, -0.15) is 0 Å². The lowest BCUT2D eigenvalue weighted by atomic mass is 9.96. The lowest BCUT2D eigenvalue weighted by Gasteiger charge is -2.09. The Kier molecular flexibility index (Phi) is 4.73. The molecule has 0 aliphatic rings. The summed E-state index contributed by atoms with van der Waals surface area (Å²) in [7, 11) is 0. The minimum absolute atomic E-state index is 0.650. The summed E-state index contributed by atoms with van der Waals surface area (Å²) in [5, 5.41) is 4.90. The molecule has 8 rings (SSSR count). The van der Waals surface area contributed by atoms with Crippen molar-refractivity contribution in [1.82, 2.24) is 4.98 Å². The average Bonchev–Trinajstić information content (AvgIpc) is 3.60. The second-order valence-corrected chi connectivity index (χ2v) is 10.6. The van der Waals surface area contributed by atoms with E-state index in [0.29, 0.717) is 5.89 Å². The fourth-order valence-electron chi connectivity index (χ4n) is 5.43. The molecule has 0 aliphatic carbocycles. The molecular formula is C35H21NOS. The predicted molar refractivity (Wildman–Crippen MR) is 161 cm³/mol. The smallest absolute Gasteiger partial charge is 0.227 e. The number of oxazole rings is 1. The molecular weight excluding hydrogens is 482 g/mol. The molecule has 0 amide bonds. The number of hydrogen-bond acceptors (Lipinski definition) is 3. The zero-order valence-electron chi connectivity index (χ0n) is 20.4. The number of benzene rings is 6. The summed E-state index contributed by atoms with van der Waals surface area (Å²) in [5.41, 5.74) is 7.54. The highest BCUT2D eigenvalue weighted by molar-refractivity contribution is 7.26. The Morgan fingerprint density at radius 2 is 1.26 bits per heavy atom. The van der Waals surface area contributed by atoms with E-state index in [9.17, 15) is 0 Å². The molecule has 0 unspecified atom stereocenters. The van der Waals surface area contributed by atoms with E-state index in [-0.39, 0.29) is 0 Å². The minimum atomic E-state index is 0.650. The molecule has 38 heavy (non-hydrogen) atoms. The van der Waals surface area contributed by atoms with E-state index in [0.717, 1.165) is 27.4 Å². The molecule has 8 aromatic rings. The molecule has 0 saturated carbocycles. The Morgan fingerprint density at radius 3 is 2.21 bits per heavy atom. The van der Waals surface area contributed by atoms with Crippen molar-refractivity contribution in [3.63, 3.8) is 0 Å². The van der Waals surface area contributed by atoms with E-state index in [2.05, 4.69) is 91.0 Å². The molecule has 6 aromatic carbocycles. The maximum atomic E-state index is 6.14. The van der Waals surface area contributed by atoms with Crippen LogP contribution in [0.1, 0.15) is 0 Å². The van der Waals surface area contributed by atoms with Gasteiger partial charge in [0.2, 0.25) is 5.89 Å². The number of rotatable bonds is 3. The first-order chi connectivity index (χ1) is 18.8. The largest absolute Gasteiger partial charge is 0.436 e. The molecule has 0 bridgehead atoms. The highest BCUT2D eigenvalue weighted by Crippen LogP contribution is 2.41. The first kappa shape index (κ1) is 21.4. The maximum Gasteiger partial charge on any atom is 0.227 e. The van der Waals surface area contributed by atoms with Crippen LogP contribution in [-0.4, -0.2) is 4.98 Å². The minimum Gasteiger partial charge on any atom is -0.436 e. The van der Waals surface area contributed by atoms with Crippen molar-refractivity contribution >= 4 is 53.4 Å². The number of nitrogens with zero attached hydrogens (tertiary/aromatic N) is 1. The summed E-state index contributed by atoms with van der Waals surface area (Å²) < 4.78 is 8.80. The fraction of sp³-hybridized carbons (Fsp3) is 0. The second kappa shape index (κ2) is 8.41. The SMILES string of the molecule is c1ccc(-c2nc3c(ccc4ccc(-c5cccc(-c6cccc7c6sc6ccccc67)c5)cc43)o2)cc1. The molecule has 0 N–H and O–H groups in total. The van der Waals surface area contributed by atoms with Gasteiger partial charge in [0.1, 0.15) is 5.52 Å². The van der Waals surface area contributed by atoms with Crippen molar-refractivity contribution in [2.24, 2.45) is 0 Å². The number of aromatic nitrogens is 1. The number of hydrogen-bond donors (Lipinski definition) is 0. The summed E-state index contributed by atoms with van der Waals surface area (Å²) in [5.74, 6) is 0.650. The third kappa shape index (κ3) is 3.37. The van der Waals surface area contributed by atoms with Crippen molar-refractivity contribution in [3.8, 4) is 33.7 Å². The predicted octanol–water partition coefficient (Wildman–Crippen LogP) is 10.3. The van der Waals surface area contributed by atoms with Crippen LogP contribution in [0, 0.1) is 0 Å². The summed E-state index contributed by atoms with van der Waals surface area (Å²) in [6.45, 7) is 0. The molecule has 0 fully saturated rings. The van der Waals surface area contributed by atoms with Crippen LogP contribution in [0.5, 0.6) is 0 Å². The van der Waals surface area contributed by atoms with Crippen LogP contribution < -0.4 is 0 Å². The van der Waals surface area contributed by atoms with Crippen molar-refractivity contribution < 1.29 is 4.42 Å². The Morgan fingerprint density at radius 1 is 0.526 bits per heavy atom. The summed E-state index contributed by atoms with van der Waals surface area (Å²) >= 11 is 1.87. The van der Waals surface area contributed by atoms with Gasteiger partial charge in [-0.3, -0.25) is 0 Å². The first-order valence-corrected chi connectivity index (χ1v) is 13.5. The Balaban J connectivity index is 1.27. The van der Waals surface area contributed by atoms with Gasteiger partial charge >= 0.3 is 0 Å². The van der Waals surface area contributed by atoms with E-state index in [1.165, 1.54) is 42.4 Å². The van der Waals surface area contributed by atoms with E-state index >= 15 is 0 Å². The van der Waals surface area contributed by atoms with Crippen LogP contribution >= 0.6 is 11.3 Å². The van der Waals surface area contributed by atoms with Crippen molar-refractivity contribution in [2.75, 3.05) is 0 Å². The van der Waals surface area contributed by atoms with Gasteiger partial charge in [-0.25, -0.2) is 4.98 Å². The standard InChI is InChI=1S/C35H21NOS/c1-2-8-23(9-3-1)35-36-33-30-21-25(17-16-22(30)18-19-31(33)37-35)24-10-6-11-26(20-24)27-13-7-14-29-28-12-4-5-15-32(28)38-34(27)29/h1-21H. The lowest BCUT2D eigenvalue weighted by Crippen LogP contribution is -1.84. The zero-order chi connectivity index (χ0) is 25.1.